The Hall–Kier alpha value is -0.770. The fourth-order valence-corrected chi connectivity index (χ4v) is 2.50. The van der Waals surface area contributed by atoms with Crippen molar-refractivity contribution in [3.63, 3.8) is 0 Å². The van der Waals surface area contributed by atoms with E-state index in [0.717, 1.165) is 19.5 Å². The second kappa shape index (κ2) is 5.70. The standard InChI is InChI=1S/C15H31N3O/c1-8-18(9-2)13(16)17-11-10-12(15(11,6)7)19-14(3,4)5/h11-12H,8-10H2,1-7H3,(H2,16,17)/t11-,12+/m1/s1. The molecule has 4 nitrogen and oxygen atoms in total. The first-order chi connectivity index (χ1) is 8.61. The zero-order chi connectivity index (χ0) is 14.8. The van der Waals surface area contributed by atoms with Gasteiger partial charge in [0.1, 0.15) is 0 Å². The van der Waals surface area contributed by atoms with Crippen molar-refractivity contribution in [3.8, 4) is 0 Å². The van der Waals surface area contributed by atoms with Crippen molar-refractivity contribution in [2.75, 3.05) is 13.1 Å². The molecule has 0 unspecified atom stereocenters. The highest BCUT2D eigenvalue weighted by atomic mass is 16.5. The molecule has 0 aromatic rings. The summed E-state index contributed by atoms with van der Waals surface area (Å²) in [5.74, 6) is 0.664. The third-order valence-electron chi connectivity index (χ3n) is 4.00. The molecular formula is C15H31N3O. The number of nitrogens with zero attached hydrogens (tertiary/aromatic N) is 2. The predicted octanol–water partition coefficient (Wildman–Crippen LogP) is 2.63. The highest BCUT2D eigenvalue weighted by Crippen LogP contribution is 2.46. The van der Waals surface area contributed by atoms with E-state index in [1.807, 2.05) is 0 Å². The van der Waals surface area contributed by atoms with Gasteiger partial charge in [0.25, 0.3) is 0 Å². The number of hydrogen-bond donors (Lipinski definition) is 1. The van der Waals surface area contributed by atoms with Gasteiger partial charge in [0.2, 0.25) is 0 Å². The van der Waals surface area contributed by atoms with E-state index in [0.29, 0.717) is 5.96 Å². The third kappa shape index (κ3) is 3.85. The lowest BCUT2D eigenvalue weighted by atomic mass is 9.64. The van der Waals surface area contributed by atoms with Gasteiger partial charge in [0, 0.05) is 18.5 Å². The van der Waals surface area contributed by atoms with Gasteiger partial charge in [-0.05, 0) is 41.0 Å². The Kier molecular flexibility index (Phi) is 4.88. The van der Waals surface area contributed by atoms with Gasteiger partial charge in [-0.25, -0.2) is 4.99 Å². The summed E-state index contributed by atoms with van der Waals surface area (Å²) in [4.78, 5) is 6.79. The Morgan fingerprint density at radius 1 is 1.32 bits per heavy atom. The summed E-state index contributed by atoms with van der Waals surface area (Å²) < 4.78 is 6.09. The minimum Gasteiger partial charge on any atom is -0.372 e. The van der Waals surface area contributed by atoms with E-state index in [4.69, 9.17) is 15.5 Å². The van der Waals surface area contributed by atoms with E-state index < -0.39 is 0 Å². The number of rotatable bonds is 4. The van der Waals surface area contributed by atoms with Crippen molar-refractivity contribution in [2.24, 2.45) is 16.1 Å². The third-order valence-corrected chi connectivity index (χ3v) is 4.00. The minimum absolute atomic E-state index is 0.0606. The fraction of sp³-hybridized carbons (Fsp3) is 0.933. The number of hydrogen-bond acceptors (Lipinski definition) is 2. The molecule has 1 fully saturated rings. The van der Waals surface area contributed by atoms with Crippen LogP contribution in [0.3, 0.4) is 0 Å². The molecule has 0 heterocycles. The SMILES string of the molecule is CCN(CC)C(N)=N[C@@H]1C[C@H](OC(C)(C)C)C1(C)C. The molecule has 0 bridgehead atoms. The molecule has 112 valence electrons. The van der Waals surface area contributed by atoms with Crippen LogP contribution in [-0.2, 0) is 4.74 Å². The molecule has 2 atom stereocenters. The maximum atomic E-state index is 6.09. The first kappa shape index (κ1) is 16.3. The molecule has 0 spiro atoms. The van der Waals surface area contributed by atoms with Crippen molar-refractivity contribution in [3.05, 3.63) is 0 Å². The summed E-state index contributed by atoms with van der Waals surface area (Å²) in [6, 6.07) is 0.264. The molecule has 0 aliphatic heterocycles. The first-order valence-electron chi connectivity index (χ1n) is 7.37. The molecular weight excluding hydrogens is 238 g/mol. The smallest absolute Gasteiger partial charge is 0.191 e. The van der Waals surface area contributed by atoms with Crippen LogP contribution in [0.5, 0.6) is 0 Å². The van der Waals surface area contributed by atoms with Gasteiger partial charge >= 0.3 is 0 Å². The Labute approximate surface area is 118 Å². The molecule has 4 heteroatoms. The minimum atomic E-state index is -0.0962. The molecule has 1 aliphatic rings. The zero-order valence-corrected chi connectivity index (χ0v) is 13.7. The summed E-state index contributed by atoms with van der Waals surface area (Å²) in [5, 5.41) is 0. The van der Waals surface area contributed by atoms with E-state index in [9.17, 15) is 0 Å². The largest absolute Gasteiger partial charge is 0.372 e. The number of guanidine groups is 1. The molecule has 19 heavy (non-hydrogen) atoms. The molecule has 2 N–H and O–H groups in total. The Morgan fingerprint density at radius 3 is 2.21 bits per heavy atom. The molecule has 1 aliphatic carbocycles. The topological polar surface area (TPSA) is 50.8 Å². The quantitative estimate of drug-likeness (QED) is 0.630. The van der Waals surface area contributed by atoms with Gasteiger partial charge in [0.15, 0.2) is 5.96 Å². The van der Waals surface area contributed by atoms with Crippen molar-refractivity contribution in [1.29, 1.82) is 0 Å². The van der Waals surface area contributed by atoms with E-state index >= 15 is 0 Å². The van der Waals surface area contributed by atoms with Crippen molar-refractivity contribution < 1.29 is 4.74 Å². The highest BCUT2D eigenvalue weighted by Gasteiger charge is 2.50. The Balaban J connectivity index is 2.67. The molecule has 0 aromatic carbocycles. The summed E-state index contributed by atoms with van der Waals surface area (Å²) in [7, 11) is 0. The molecule has 1 saturated carbocycles. The number of ether oxygens (including phenoxy) is 1. The van der Waals surface area contributed by atoms with Gasteiger partial charge in [-0.15, -0.1) is 0 Å². The second-order valence-electron chi connectivity index (χ2n) is 6.95. The summed E-state index contributed by atoms with van der Waals surface area (Å²) in [6.07, 6.45) is 1.23. The van der Waals surface area contributed by atoms with Crippen molar-refractivity contribution in [1.82, 2.24) is 4.90 Å². The summed E-state index contributed by atoms with van der Waals surface area (Å²) in [6.45, 7) is 16.7. The van der Waals surface area contributed by atoms with Crippen LogP contribution in [0.4, 0.5) is 0 Å². The van der Waals surface area contributed by atoms with E-state index in [1.54, 1.807) is 0 Å². The number of aliphatic imine (C=N–C) groups is 1. The molecule has 0 radical (unpaired) electrons. The van der Waals surface area contributed by atoms with Crippen LogP contribution in [0, 0.1) is 5.41 Å². The van der Waals surface area contributed by atoms with Crippen LogP contribution in [0.2, 0.25) is 0 Å². The van der Waals surface area contributed by atoms with E-state index in [2.05, 4.69) is 53.4 Å². The highest BCUT2D eigenvalue weighted by molar-refractivity contribution is 5.78. The molecule has 0 saturated heterocycles. The van der Waals surface area contributed by atoms with Gasteiger partial charge in [-0.1, -0.05) is 13.8 Å². The van der Waals surface area contributed by atoms with E-state index in [-0.39, 0.29) is 23.2 Å². The van der Waals surface area contributed by atoms with Crippen LogP contribution >= 0.6 is 0 Å². The Morgan fingerprint density at radius 2 is 1.84 bits per heavy atom. The lowest BCUT2D eigenvalue weighted by molar-refractivity contribution is -0.166. The first-order valence-corrected chi connectivity index (χ1v) is 7.37. The maximum Gasteiger partial charge on any atom is 0.191 e. The van der Waals surface area contributed by atoms with Gasteiger partial charge in [-0.3, -0.25) is 0 Å². The van der Waals surface area contributed by atoms with Crippen molar-refractivity contribution in [2.45, 2.75) is 72.6 Å². The zero-order valence-electron chi connectivity index (χ0n) is 13.7. The fourth-order valence-electron chi connectivity index (χ4n) is 2.50. The maximum absolute atomic E-state index is 6.09. The van der Waals surface area contributed by atoms with Crippen molar-refractivity contribution >= 4 is 5.96 Å². The Bertz CT molecular complexity index is 327. The van der Waals surface area contributed by atoms with Gasteiger partial charge in [0.05, 0.1) is 17.7 Å². The van der Waals surface area contributed by atoms with Crippen LogP contribution < -0.4 is 5.73 Å². The average Bonchev–Trinajstić information content (AvgIpc) is 2.27. The lowest BCUT2D eigenvalue weighted by Gasteiger charge is -2.51. The summed E-state index contributed by atoms with van der Waals surface area (Å²) >= 11 is 0. The molecule has 0 amide bonds. The summed E-state index contributed by atoms with van der Waals surface area (Å²) in [5.41, 5.74) is 6.04. The predicted molar refractivity (Wildman–Crippen MR) is 81.4 cm³/mol. The number of nitrogens with two attached hydrogens (primary N) is 1. The van der Waals surface area contributed by atoms with Gasteiger partial charge < -0.3 is 15.4 Å². The van der Waals surface area contributed by atoms with Crippen LogP contribution in [0.1, 0.15) is 54.9 Å². The van der Waals surface area contributed by atoms with Gasteiger partial charge in [-0.2, -0.15) is 0 Å². The molecule has 1 rings (SSSR count). The monoisotopic (exact) mass is 269 g/mol. The van der Waals surface area contributed by atoms with Crippen LogP contribution in [0.15, 0.2) is 4.99 Å². The lowest BCUT2D eigenvalue weighted by Crippen LogP contribution is -2.56. The van der Waals surface area contributed by atoms with E-state index in [1.165, 1.54) is 0 Å². The van der Waals surface area contributed by atoms with Crippen LogP contribution in [-0.4, -0.2) is 41.7 Å². The molecule has 0 aromatic heterocycles. The average molecular weight is 269 g/mol. The van der Waals surface area contributed by atoms with Crippen LogP contribution in [0.25, 0.3) is 0 Å². The second-order valence-corrected chi connectivity index (χ2v) is 6.95. The normalized spacial score (nSPS) is 27.0.